The quantitative estimate of drug-likeness (QED) is 0.575. The summed E-state index contributed by atoms with van der Waals surface area (Å²) in [6, 6.07) is 19.5. The van der Waals surface area contributed by atoms with Gasteiger partial charge in [0, 0.05) is 11.6 Å². The van der Waals surface area contributed by atoms with E-state index in [4.69, 9.17) is 17.3 Å². The number of para-hydroxylation sites is 1. The van der Waals surface area contributed by atoms with Crippen LogP contribution in [0.5, 0.6) is 0 Å². The molecule has 0 unspecified atom stereocenters. The first-order chi connectivity index (χ1) is 7.33. The summed E-state index contributed by atoms with van der Waals surface area (Å²) in [6.07, 6.45) is 0. The van der Waals surface area contributed by atoms with Crippen LogP contribution in [0.3, 0.4) is 0 Å². The molecule has 2 aromatic carbocycles. The summed E-state index contributed by atoms with van der Waals surface area (Å²) >= 11 is 5.53. The molecule has 0 heterocycles. The molecule has 78 valence electrons. The summed E-state index contributed by atoms with van der Waals surface area (Å²) < 4.78 is 0. The third kappa shape index (κ3) is 5.08. The second kappa shape index (κ2) is 6.91. The summed E-state index contributed by atoms with van der Waals surface area (Å²) in [5.41, 5.74) is 7.35. The van der Waals surface area contributed by atoms with Crippen LogP contribution in [0.1, 0.15) is 5.56 Å². The normalized spacial score (nSPS) is 8.87. The van der Waals surface area contributed by atoms with Gasteiger partial charge in [0.05, 0.1) is 0 Å². The van der Waals surface area contributed by atoms with E-state index in [1.54, 1.807) is 0 Å². The molecule has 2 heteroatoms. The van der Waals surface area contributed by atoms with Crippen LogP contribution in [0.25, 0.3) is 0 Å². The van der Waals surface area contributed by atoms with Crippen molar-refractivity contribution >= 4 is 17.3 Å². The zero-order valence-electron chi connectivity index (χ0n) is 8.44. The van der Waals surface area contributed by atoms with Gasteiger partial charge in [0.25, 0.3) is 0 Å². The molecule has 0 saturated heterocycles. The van der Waals surface area contributed by atoms with E-state index in [1.807, 2.05) is 60.7 Å². The molecular weight excluding hydrogens is 206 g/mol. The summed E-state index contributed by atoms with van der Waals surface area (Å²) in [7, 11) is 0. The maximum Gasteiger partial charge on any atom is 0.0474 e. The van der Waals surface area contributed by atoms with Crippen LogP contribution >= 0.6 is 11.6 Å². The van der Waals surface area contributed by atoms with Crippen molar-refractivity contribution in [2.75, 3.05) is 5.73 Å². The highest BCUT2D eigenvalue weighted by atomic mass is 35.5. The van der Waals surface area contributed by atoms with E-state index >= 15 is 0 Å². The van der Waals surface area contributed by atoms with Crippen LogP contribution in [0.2, 0.25) is 0 Å². The first-order valence-electron chi connectivity index (χ1n) is 4.73. The van der Waals surface area contributed by atoms with Gasteiger partial charge in [0.1, 0.15) is 0 Å². The zero-order chi connectivity index (χ0) is 10.9. The molecule has 0 fully saturated rings. The molecule has 0 aliphatic rings. The molecule has 0 aliphatic heterocycles. The van der Waals surface area contributed by atoms with E-state index in [9.17, 15) is 0 Å². The average Bonchev–Trinajstić information content (AvgIpc) is 2.32. The number of nitrogens with two attached hydrogens (primary N) is 1. The van der Waals surface area contributed by atoms with Gasteiger partial charge >= 0.3 is 0 Å². The lowest BCUT2D eigenvalue weighted by Crippen LogP contribution is -1.79. The molecule has 0 radical (unpaired) electrons. The number of alkyl halides is 1. The number of benzene rings is 2. The number of halogens is 1. The largest absolute Gasteiger partial charge is 0.399 e. The Morgan fingerprint density at radius 1 is 0.800 bits per heavy atom. The van der Waals surface area contributed by atoms with Crippen LogP contribution in [0.15, 0.2) is 60.7 Å². The first kappa shape index (κ1) is 11.6. The minimum absolute atomic E-state index is 0.612. The summed E-state index contributed by atoms with van der Waals surface area (Å²) in [4.78, 5) is 0. The fourth-order valence-corrected chi connectivity index (χ4v) is 1.20. The maximum absolute atomic E-state index is 5.53. The predicted molar refractivity (Wildman–Crippen MR) is 66.9 cm³/mol. The van der Waals surface area contributed by atoms with Crippen LogP contribution in [0, 0.1) is 0 Å². The van der Waals surface area contributed by atoms with Gasteiger partial charge in [-0.1, -0.05) is 48.5 Å². The Bertz CT molecular complexity index is 359. The predicted octanol–water partition coefficient (Wildman–Crippen LogP) is 3.69. The first-order valence-corrected chi connectivity index (χ1v) is 5.27. The van der Waals surface area contributed by atoms with Crippen molar-refractivity contribution in [3.63, 3.8) is 0 Å². The second-order valence-electron chi connectivity index (χ2n) is 3.03. The molecule has 0 saturated carbocycles. The van der Waals surface area contributed by atoms with E-state index in [0.29, 0.717) is 5.88 Å². The van der Waals surface area contributed by atoms with E-state index in [2.05, 4.69) is 0 Å². The molecule has 0 aromatic heterocycles. The van der Waals surface area contributed by atoms with Gasteiger partial charge in [-0.15, -0.1) is 11.6 Å². The Morgan fingerprint density at radius 3 is 1.53 bits per heavy atom. The number of rotatable bonds is 1. The van der Waals surface area contributed by atoms with Gasteiger partial charge in [0.2, 0.25) is 0 Å². The molecule has 0 atom stereocenters. The number of anilines is 1. The Hall–Kier alpha value is -1.47. The molecule has 0 aliphatic carbocycles. The number of nitrogen functional groups attached to an aromatic ring is 1. The molecule has 2 N–H and O–H groups in total. The monoisotopic (exact) mass is 219 g/mol. The molecular formula is C13H14ClN. The smallest absolute Gasteiger partial charge is 0.0474 e. The molecule has 15 heavy (non-hydrogen) atoms. The van der Waals surface area contributed by atoms with Gasteiger partial charge in [-0.05, 0) is 17.7 Å². The highest BCUT2D eigenvalue weighted by Crippen LogP contribution is 2.00. The van der Waals surface area contributed by atoms with Crippen molar-refractivity contribution in [2.24, 2.45) is 0 Å². The molecule has 2 aromatic rings. The van der Waals surface area contributed by atoms with Gasteiger partial charge < -0.3 is 5.73 Å². The van der Waals surface area contributed by atoms with Gasteiger partial charge in [0.15, 0.2) is 0 Å². The molecule has 2 rings (SSSR count). The van der Waals surface area contributed by atoms with Crippen LogP contribution in [-0.2, 0) is 5.88 Å². The minimum Gasteiger partial charge on any atom is -0.399 e. The van der Waals surface area contributed by atoms with Gasteiger partial charge in [-0.3, -0.25) is 0 Å². The van der Waals surface area contributed by atoms with Crippen molar-refractivity contribution < 1.29 is 0 Å². The van der Waals surface area contributed by atoms with Gasteiger partial charge in [-0.2, -0.15) is 0 Å². The zero-order valence-corrected chi connectivity index (χ0v) is 9.19. The molecule has 0 spiro atoms. The van der Waals surface area contributed by atoms with Crippen molar-refractivity contribution in [3.05, 3.63) is 66.2 Å². The van der Waals surface area contributed by atoms with Crippen LogP contribution in [-0.4, -0.2) is 0 Å². The van der Waals surface area contributed by atoms with E-state index in [1.165, 1.54) is 5.56 Å². The Labute approximate surface area is 95.5 Å². The number of hydrogen-bond donors (Lipinski definition) is 1. The van der Waals surface area contributed by atoms with Crippen molar-refractivity contribution in [3.8, 4) is 0 Å². The van der Waals surface area contributed by atoms with Crippen molar-refractivity contribution in [2.45, 2.75) is 5.88 Å². The Kier molecular flexibility index (Phi) is 5.34. The summed E-state index contributed by atoms with van der Waals surface area (Å²) in [5, 5.41) is 0. The van der Waals surface area contributed by atoms with E-state index < -0.39 is 0 Å². The van der Waals surface area contributed by atoms with Crippen molar-refractivity contribution in [1.29, 1.82) is 0 Å². The third-order valence-electron chi connectivity index (χ3n) is 1.80. The van der Waals surface area contributed by atoms with Crippen LogP contribution < -0.4 is 5.73 Å². The second-order valence-corrected chi connectivity index (χ2v) is 3.30. The third-order valence-corrected chi connectivity index (χ3v) is 2.11. The standard InChI is InChI=1S/C7H7Cl.C6H7N/c8-6-7-4-2-1-3-5-7;7-6-4-2-1-3-5-6/h1-5H,6H2;1-5H,7H2. The molecule has 0 amide bonds. The highest BCUT2D eigenvalue weighted by molar-refractivity contribution is 6.17. The maximum atomic E-state index is 5.53. The van der Waals surface area contributed by atoms with E-state index in [-0.39, 0.29) is 0 Å². The minimum atomic E-state index is 0.612. The Balaban J connectivity index is 0.000000151. The summed E-state index contributed by atoms with van der Waals surface area (Å²) in [6.45, 7) is 0. The SMILES string of the molecule is ClCc1ccccc1.Nc1ccccc1. The Morgan fingerprint density at radius 2 is 1.27 bits per heavy atom. The lowest BCUT2D eigenvalue weighted by molar-refractivity contribution is 1.41. The van der Waals surface area contributed by atoms with Crippen LogP contribution in [0.4, 0.5) is 5.69 Å². The van der Waals surface area contributed by atoms with E-state index in [0.717, 1.165) is 5.69 Å². The van der Waals surface area contributed by atoms with Gasteiger partial charge in [-0.25, -0.2) is 0 Å². The lowest BCUT2D eigenvalue weighted by Gasteiger charge is -1.88. The number of hydrogen-bond acceptors (Lipinski definition) is 1. The molecule has 1 nitrogen and oxygen atoms in total. The molecule has 0 bridgehead atoms. The summed E-state index contributed by atoms with van der Waals surface area (Å²) in [5.74, 6) is 0.612. The topological polar surface area (TPSA) is 26.0 Å². The highest BCUT2D eigenvalue weighted by Gasteiger charge is 1.81. The van der Waals surface area contributed by atoms with Crippen molar-refractivity contribution in [1.82, 2.24) is 0 Å². The average molecular weight is 220 g/mol. The fourth-order valence-electron chi connectivity index (χ4n) is 1.02. The lowest BCUT2D eigenvalue weighted by atomic mass is 10.2. The fraction of sp³-hybridized carbons (Fsp3) is 0.0769.